The molecule has 0 aromatic heterocycles. The minimum absolute atomic E-state index is 0.274. The zero-order chi connectivity index (χ0) is 15.7. The highest BCUT2D eigenvalue weighted by Crippen LogP contribution is 2.23. The number of ether oxygens (including phenoxy) is 1. The lowest BCUT2D eigenvalue weighted by molar-refractivity contribution is -0.136. The van der Waals surface area contributed by atoms with Crippen LogP contribution in [0.1, 0.15) is 38.7 Å². The molecular weight excluding hydrogens is 268 g/mol. The molecule has 0 aliphatic rings. The third-order valence-corrected chi connectivity index (χ3v) is 2.99. The number of para-hydroxylation sites is 1. The minimum atomic E-state index is -0.639. The lowest BCUT2D eigenvalue weighted by Gasteiger charge is -2.13. The third-order valence-electron chi connectivity index (χ3n) is 2.99. The quantitative estimate of drug-likeness (QED) is 0.598. The molecule has 1 rings (SSSR count). The van der Waals surface area contributed by atoms with Crippen LogP contribution in [0.2, 0.25) is 0 Å². The summed E-state index contributed by atoms with van der Waals surface area (Å²) in [5, 5.41) is 5.24. The zero-order valence-electron chi connectivity index (χ0n) is 12.9. The van der Waals surface area contributed by atoms with Gasteiger partial charge in [-0.05, 0) is 30.9 Å². The molecule has 0 unspecified atom stereocenters. The highest BCUT2D eigenvalue weighted by molar-refractivity contribution is 6.39. The van der Waals surface area contributed by atoms with Gasteiger partial charge in [-0.2, -0.15) is 0 Å². The van der Waals surface area contributed by atoms with Gasteiger partial charge in [-0.3, -0.25) is 9.59 Å². The first-order chi connectivity index (χ1) is 10.1. The lowest BCUT2D eigenvalue weighted by atomic mass is 10.0. The largest absolute Gasteiger partial charge is 0.382 e. The van der Waals surface area contributed by atoms with Gasteiger partial charge in [-0.25, -0.2) is 0 Å². The van der Waals surface area contributed by atoms with Crippen molar-refractivity contribution in [3.05, 3.63) is 29.8 Å². The monoisotopic (exact) mass is 292 g/mol. The number of benzene rings is 1. The normalized spacial score (nSPS) is 10.5. The van der Waals surface area contributed by atoms with Gasteiger partial charge in [0, 0.05) is 25.4 Å². The molecule has 1 aromatic carbocycles. The van der Waals surface area contributed by atoms with E-state index in [1.165, 1.54) is 0 Å². The van der Waals surface area contributed by atoms with E-state index in [-0.39, 0.29) is 5.92 Å². The van der Waals surface area contributed by atoms with Crippen LogP contribution < -0.4 is 10.6 Å². The second-order valence-corrected chi connectivity index (χ2v) is 5.00. The summed E-state index contributed by atoms with van der Waals surface area (Å²) in [5.41, 5.74) is 1.69. The first-order valence-corrected chi connectivity index (χ1v) is 7.32. The summed E-state index contributed by atoms with van der Waals surface area (Å²) in [6, 6.07) is 7.50. The maximum absolute atomic E-state index is 11.9. The molecule has 0 aliphatic heterocycles. The van der Waals surface area contributed by atoms with E-state index in [1.807, 2.05) is 39.0 Å². The van der Waals surface area contributed by atoms with Gasteiger partial charge in [0.1, 0.15) is 0 Å². The van der Waals surface area contributed by atoms with Gasteiger partial charge in [-0.15, -0.1) is 0 Å². The number of nitrogens with one attached hydrogen (secondary N) is 2. The van der Waals surface area contributed by atoms with Gasteiger partial charge in [0.25, 0.3) is 0 Å². The molecule has 0 fully saturated rings. The fourth-order valence-electron chi connectivity index (χ4n) is 1.89. The average Bonchev–Trinajstić information content (AvgIpc) is 2.47. The van der Waals surface area contributed by atoms with Crippen molar-refractivity contribution in [1.29, 1.82) is 0 Å². The Labute approximate surface area is 126 Å². The van der Waals surface area contributed by atoms with Crippen molar-refractivity contribution in [2.75, 3.05) is 25.1 Å². The van der Waals surface area contributed by atoms with Gasteiger partial charge >= 0.3 is 11.8 Å². The van der Waals surface area contributed by atoms with Crippen LogP contribution in [0.5, 0.6) is 0 Å². The second-order valence-electron chi connectivity index (χ2n) is 5.00. The molecule has 0 aliphatic carbocycles. The Hall–Kier alpha value is -1.88. The molecule has 0 radical (unpaired) electrons. The highest BCUT2D eigenvalue weighted by atomic mass is 16.5. The average molecular weight is 292 g/mol. The number of carbonyl (C=O) groups excluding carboxylic acids is 2. The number of amides is 2. The van der Waals surface area contributed by atoms with E-state index in [4.69, 9.17) is 4.74 Å². The van der Waals surface area contributed by atoms with E-state index >= 15 is 0 Å². The van der Waals surface area contributed by atoms with Crippen molar-refractivity contribution in [2.24, 2.45) is 0 Å². The summed E-state index contributed by atoms with van der Waals surface area (Å²) in [5.74, 6) is -0.986. The standard InChI is InChI=1S/C16H24N2O3/c1-4-21-11-7-10-17-15(19)16(20)18-14-9-6-5-8-13(14)12(2)3/h5-6,8-9,12H,4,7,10-11H2,1-3H3,(H,17,19)(H,18,20). The fourth-order valence-corrected chi connectivity index (χ4v) is 1.89. The molecule has 0 saturated heterocycles. The Bertz CT molecular complexity index is 472. The SMILES string of the molecule is CCOCCCNC(=O)C(=O)Nc1ccccc1C(C)C. The summed E-state index contributed by atoms with van der Waals surface area (Å²) < 4.78 is 5.16. The van der Waals surface area contributed by atoms with Crippen LogP contribution in [0, 0.1) is 0 Å². The van der Waals surface area contributed by atoms with Crippen LogP contribution in [0.3, 0.4) is 0 Å². The topological polar surface area (TPSA) is 67.4 Å². The van der Waals surface area contributed by atoms with Crippen LogP contribution in [-0.2, 0) is 14.3 Å². The van der Waals surface area contributed by atoms with E-state index in [0.29, 0.717) is 31.9 Å². The van der Waals surface area contributed by atoms with E-state index in [0.717, 1.165) is 5.56 Å². The van der Waals surface area contributed by atoms with Crippen molar-refractivity contribution in [3.63, 3.8) is 0 Å². The molecular formula is C16H24N2O3. The zero-order valence-corrected chi connectivity index (χ0v) is 12.9. The summed E-state index contributed by atoms with van der Waals surface area (Å²) in [6.45, 7) is 7.66. The summed E-state index contributed by atoms with van der Waals surface area (Å²) in [6.07, 6.45) is 0.690. The fraction of sp³-hybridized carbons (Fsp3) is 0.500. The van der Waals surface area contributed by atoms with Crippen LogP contribution >= 0.6 is 0 Å². The van der Waals surface area contributed by atoms with E-state index in [2.05, 4.69) is 10.6 Å². The molecule has 0 atom stereocenters. The molecule has 5 nitrogen and oxygen atoms in total. The Morgan fingerprint density at radius 2 is 1.90 bits per heavy atom. The molecule has 1 aromatic rings. The lowest BCUT2D eigenvalue weighted by Crippen LogP contribution is -2.36. The predicted octanol–water partition coefficient (Wildman–Crippen LogP) is 2.29. The van der Waals surface area contributed by atoms with E-state index in [1.54, 1.807) is 6.07 Å². The molecule has 2 amide bonds. The van der Waals surface area contributed by atoms with Gasteiger partial charge in [0.2, 0.25) is 0 Å². The molecule has 0 heterocycles. The molecule has 0 bridgehead atoms. The van der Waals surface area contributed by atoms with Crippen molar-refractivity contribution in [1.82, 2.24) is 5.32 Å². The van der Waals surface area contributed by atoms with Gasteiger partial charge < -0.3 is 15.4 Å². The van der Waals surface area contributed by atoms with E-state index < -0.39 is 11.8 Å². The number of rotatable bonds is 7. The summed E-state index contributed by atoms with van der Waals surface area (Å²) >= 11 is 0. The van der Waals surface area contributed by atoms with Crippen LogP contribution in [0.4, 0.5) is 5.69 Å². The van der Waals surface area contributed by atoms with Gasteiger partial charge in [0.05, 0.1) is 0 Å². The number of hydrogen-bond acceptors (Lipinski definition) is 3. The maximum atomic E-state index is 11.9. The third kappa shape index (κ3) is 5.95. The molecule has 0 saturated carbocycles. The van der Waals surface area contributed by atoms with Crippen LogP contribution in [0.25, 0.3) is 0 Å². The van der Waals surface area contributed by atoms with E-state index in [9.17, 15) is 9.59 Å². The Morgan fingerprint density at radius 3 is 2.57 bits per heavy atom. The smallest absolute Gasteiger partial charge is 0.313 e. The number of carbonyl (C=O) groups is 2. The molecule has 5 heteroatoms. The summed E-state index contributed by atoms with van der Waals surface area (Å²) in [7, 11) is 0. The predicted molar refractivity (Wildman–Crippen MR) is 83.3 cm³/mol. The Morgan fingerprint density at radius 1 is 1.19 bits per heavy atom. The Balaban J connectivity index is 2.47. The molecule has 2 N–H and O–H groups in total. The molecule has 0 spiro atoms. The van der Waals surface area contributed by atoms with Gasteiger partial charge in [-0.1, -0.05) is 32.0 Å². The Kier molecular flexibility index (Phi) is 7.46. The van der Waals surface area contributed by atoms with Crippen molar-refractivity contribution in [2.45, 2.75) is 33.1 Å². The number of anilines is 1. The van der Waals surface area contributed by atoms with Gasteiger partial charge in [0.15, 0.2) is 0 Å². The van der Waals surface area contributed by atoms with Crippen molar-refractivity contribution in [3.8, 4) is 0 Å². The second kappa shape index (κ2) is 9.13. The minimum Gasteiger partial charge on any atom is -0.382 e. The summed E-state index contributed by atoms with van der Waals surface area (Å²) in [4.78, 5) is 23.6. The highest BCUT2D eigenvalue weighted by Gasteiger charge is 2.15. The first-order valence-electron chi connectivity index (χ1n) is 7.32. The van der Waals surface area contributed by atoms with Crippen molar-refractivity contribution < 1.29 is 14.3 Å². The van der Waals surface area contributed by atoms with Crippen LogP contribution in [0.15, 0.2) is 24.3 Å². The first kappa shape index (κ1) is 17.2. The van der Waals surface area contributed by atoms with Crippen molar-refractivity contribution >= 4 is 17.5 Å². The molecule has 21 heavy (non-hydrogen) atoms. The number of hydrogen-bond donors (Lipinski definition) is 2. The molecule has 116 valence electrons. The maximum Gasteiger partial charge on any atom is 0.313 e. The van der Waals surface area contributed by atoms with Crippen LogP contribution in [-0.4, -0.2) is 31.6 Å².